The van der Waals surface area contributed by atoms with Crippen molar-refractivity contribution in [2.45, 2.75) is 26.0 Å². The van der Waals surface area contributed by atoms with Crippen LogP contribution in [0.15, 0.2) is 48.5 Å². The summed E-state index contributed by atoms with van der Waals surface area (Å²) in [4.78, 5) is 2.18. The summed E-state index contributed by atoms with van der Waals surface area (Å²) in [5.41, 5.74) is 3.30. The number of ether oxygens (including phenoxy) is 1. The summed E-state index contributed by atoms with van der Waals surface area (Å²) in [5, 5.41) is 9.82. The van der Waals surface area contributed by atoms with Crippen molar-refractivity contribution in [2.75, 3.05) is 19.1 Å². The summed E-state index contributed by atoms with van der Waals surface area (Å²) in [7, 11) is 3.74. The van der Waals surface area contributed by atoms with Gasteiger partial charge in [-0.1, -0.05) is 31.2 Å². The molecule has 0 aliphatic heterocycles. The zero-order valence-electron chi connectivity index (χ0n) is 12.9. The van der Waals surface area contributed by atoms with Gasteiger partial charge in [-0.2, -0.15) is 0 Å². The molecule has 0 saturated heterocycles. The van der Waals surface area contributed by atoms with Crippen LogP contribution in [0.4, 0.5) is 5.69 Å². The number of methoxy groups -OCH3 is 1. The number of nitrogens with zero attached hydrogens (tertiary/aromatic N) is 1. The molecule has 0 heterocycles. The van der Waals surface area contributed by atoms with E-state index in [1.54, 1.807) is 7.11 Å². The third-order valence-electron chi connectivity index (χ3n) is 3.66. The lowest BCUT2D eigenvalue weighted by atomic mass is 10.1. The fraction of sp³-hybridized carbons (Fsp3) is 0.333. The van der Waals surface area contributed by atoms with E-state index in [4.69, 9.17) is 4.74 Å². The molecule has 0 saturated carbocycles. The Balaban J connectivity index is 2.07. The Morgan fingerprint density at radius 2 is 1.86 bits per heavy atom. The topological polar surface area (TPSA) is 32.7 Å². The van der Waals surface area contributed by atoms with E-state index < -0.39 is 0 Å². The van der Waals surface area contributed by atoms with Crippen molar-refractivity contribution in [3.05, 3.63) is 59.7 Å². The average Bonchev–Trinajstić information content (AvgIpc) is 2.54. The van der Waals surface area contributed by atoms with E-state index in [0.717, 1.165) is 30.0 Å². The van der Waals surface area contributed by atoms with Crippen LogP contribution < -0.4 is 9.64 Å². The Morgan fingerprint density at radius 1 is 1.14 bits per heavy atom. The van der Waals surface area contributed by atoms with Crippen LogP contribution in [0.1, 0.15) is 30.6 Å². The van der Waals surface area contributed by atoms with Crippen LogP contribution in [0.2, 0.25) is 0 Å². The predicted octanol–water partition coefficient (Wildman–Crippen LogP) is 3.78. The largest absolute Gasteiger partial charge is 0.497 e. The number of anilines is 1. The van der Waals surface area contributed by atoms with Gasteiger partial charge in [0, 0.05) is 19.3 Å². The molecule has 1 atom stereocenters. The highest BCUT2D eigenvalue weighted by Crippen LogP contribution is 2.22. The summed E-state index contributed by atoms with van der Waals surface area (Å²) < 4.78 is 5.25. The lowest BCUT2D eigenvalue weighted by Crippen LogP contribution is -2.16. The minimum atomic E-state index is -0.372. The van der Waals surface area contributed by atoms with Gasteiger partial charge in [0.15, 0.2) is 0 Å². The van der Waals surface area contributed by atoms with E-state index in [2.05, 4.69) is 18.0 Å². The zero-order valence-corrected chi connectivity index (χ0v) is 12.9. The minimum absolute atomic E-state index is 0.372. The Bertz CT molecular complexity index is 566. The van der Waals surface area contributed by atoms with Gasteiger partial charge >= 0.3 is 0 Å². The van der Waals surface area contributed by atoms with Gasteiger partial charge in [0.25, 0.3) is 0 Å². The molecule has 0 bridgehead atoms. The van der Waals surface area contributed by atoms with Gasteiger partial charge in [-0.15, -0.1) is 0 Å². The second-order valence-corrected chi connectivity index (χ2v) is 5.22. The molecule has 0 amide bonds. The summed E-state index contributed by atoms with van der Waals surface area (Å²) in [5.74, 6) is 0.877. The molecular formula is C18H23NO2. The summed E-state index contributed by atoms with van der Waals surface area (Å²) in [6.45, 7) is 2.79. The maximum atomic E-state index is 9.82. The third-order valence-corrected chi connectivity index (χ3v) is 3.66. The highest BCUT2D eigenvalue weighted by molar-refractivity contribution is 5.48. The van der Waals surface area contributed by atoms with Crippen LogP contribution in [0.25, 0.3) is 0 Å². The van der Waals surface area contributed by atoms with Crippen molar-refractivity contribution in [1.82, 2.24) is 0 Å². The van der Waals surface area contributed by atoms with Gasteiger partial charge < -0.3 is 14.7 Å². The van der Waals surface area contributed by atoms with Crippen LogP contribution in [0.5, 0.6) is 5.75 Å². The third kappa shape index (κ3) is 3.99. The van der Waals surface area contributed by atoms with Crippen molar-refractivity contribution >= 4 is 5.69 Å². The quantitative estimate of drug-likeness (QED) is 0.877. The van der Waals surface area contributed by atoms with E-state index >= 15 is 0 Å². The number of aliphatic hydroxyl groups excluding tert-OH is 1. The first-order chi connectivity index (χ1) is 10.1. The smallest absolute Gasteiger partial charge is 0.119 e. The molecule has 0 aliphatic carbocycles. The van der Waals surface area contributed by atoms with Gasteiger partial charge in [0.05, 0.1) is 13.2 Å². The molecule has 3 heteroatoms. The Morgan fingerprint density at radius 3 is 2.48 bits per heavy atom. The van der Waals surface area contributed by atoms with Crippen LogP contribution in [0, 0.1) is 0 Å². The Kier molecular flexibility index (Phi) is 5.23. The highest BCUT2D eigenvalue weighted by Gasteiger charge is 2.07. The van der Waals surface area contributed by atoms with Crippen molar-refractivity contribution in [3.8, 4) is 5.75 Å². The second-order valence-electron chi connectivity index (χ2n) is 5.22. The van der Waals surface area contributed by atoms with Gasteiger partial charge in [-0.3, -0.25) is 0 Å². The fourth-order valence-corrected chi connectivity index (χ4v) is 2.32. The van der Waals surface area contributed by atoms with Crippen LogP contribution >= 0.6 is 0 Å². The zero-order chi connectivity index (χ0) is 15.2. The van der Waals surface area contributed by atoms with Gasteiger partial charge in [0.1, 0.15) is 5.75 Å². The van der Waals surface area contributed by atoms with Crippen molar-refractivity contribution < 1.29 is 9.84 Å². The molecule has 1 N–H and O–H groups in total. The highest BCUT2D eigenvalue weighted by atomic mass is 16.5. The predicted molar refractivity (Wildman–Crippen MR) is 86.8 cm³/mol. The monoisotopic (exact) mass is 285 g/mol. The summed E-state index contributed by atoms with van der Waals surface area (Å²) in [6.07, 6.45) is 0.363. The normalized spacial score (nSPS) is 12.0. The van der Waals surface area contributed by atoms with E-state index in [0.29, 0.717) is 0 Å². The fourth-order valence-electron chi connectivity index (χ4n) is 2.32. The first-order valence-electron chi connectivity index (χ1n) is 7.26. The summed E-state index contributed by atoms with van der Waals surface area (Å²) >= 11 is 0. The molecule has 0 aliphatic rings. The number of benzene rings is 2. The van der Waals surface area contributed by atoms with Crippen LogP contribution in [0.3, 0.4) is 0 Å². The molecule has 0 aromatic heterocycles. The second kappa shape index (κ2) is 7.14. The van der Waals surface area contributed by atoms with Crippen molar-refractivity contribution in [1.29, 1.82) is 0 Å². The maximum absolute atomic E-state index is 9.82. The molecule has 0 unspecified atom stereocenters. The molecule has 2 aromatic carbocycles. The van der Waals surface area contributed by atoms with E-state index in [1.807, 2.05) is 49.4 Å². The molecule has 21 heavy (non-hydrogen) atoms. The van der Waals surface area contributed by atoms with E-state index in [1.165, 1.54) is 5.56 Å². The Labute approximate surface area is 126 Å². The molecule has 0 radical (unpaired) electrons. The van der Waals surface area contributed by atoms with Crippen LogP contribution in [-0.4, -0.2) is 19.3 Å². The standard InChI is InChI=1S/C18H23NO2/c1-4-18(20)15-8-10-16(11-9-15)19(2)13-14-6-5-7-17(12-14)21-3/h5-12,18,20H,4,13H2,1-3H3/t18-/m0/s1. The lowest BCUT2D eigenvalue weighted by Gasteiger charge is -2.20. The molecule has 3 nitrogen and oxygen atoms in total. The SMILES string of the molecule is CC[C@H](O)c1ccc(N(C)Cc2cccc(OC)c2)cc1. The average molecular weight is 285 g/mol. The molecule has 0 spiro atoms. The number of rotatable bonds is 6. The number of hydrogen-bond acceptors (Lipinski definition) is 3. The number of aliphatic hydroxyl groups is 1. The van der Waals surface area contributed by atoms with E-state index in [9.17, 15) is 5.11 Å². The van der Waals surface area contributed by atoms with Crippen molar-refractivity contribution in [2.24, 2.45) is 0 Å². The molecule has 2 aromatic rings. The summed E-state index contributed by atoms with van der Waals surface area (Å²) in [6, 6.07) is 16.2. The lowest BCUT2D eigenvalue weighted by molar-refractivity contribution is 0.173. The molecule has 112 valence electrons. The number of hydrogen-bond donors (Lipinski definition) is 1. The van der Waals surface area contributed by atoms with Gasteiger partial charge in [-0.25, -0.2) is 0 Å². The Hall–Kier alpha value is -2.00. The maximum Gasteiger partial charge on any atom is 0.119 e. The molecular weight excluding hydrogens is 262 g/mol. The minimum Gasteiger partial charge on any atom is -0.497 e. The van der Waals surface area contributed by atoms with Crippen molar-refractivity contribution in [3.63, 3.8) is 0 Å². The first kappa shape index (κ1) is 15.4. The molecule has 2 rings (SSSR count). The molecule has 0 fully saturated rings. The first-order valence-corrected chi connectivity index (χ1v) is 7.26. The van der Waals surface area contributed by atoms with Crippen LogP contribution in [-0.2, 0) is 6.54 Å². The van der Waals surface area contributed by atoms with Gasteiger partial charge in [-0.05, 0) is 41.8 Å². The van der Waals surface area contributed by atoms with Gasteiger partial charge in [0.2, 0.25) is 0 Å². The van der Waals surface area contributed by atoms with E-state index in [-0.39, 0.29) is 6.10 Å².